The molecule has 16 heavy (non-hydrogen) atoms. The van der Waals surface area contributed by atoms with Crippen LogP contribution >= 0.6 is 0 Å². The molecule has 90 valence electrons. The van der Waals surface area contributed by atoms with Crippen LogP contribution in [-0.2, 0) is 9.59 Å². The molecular weight excluding hydrogens is 208 g/mol. The van der Waals surface area contributed by atoms with Gasteiger partial charge in [0.1, 0.15) is 0 Å². The van der Waals surface area contributed by atoms with Crippen LogP contribution in [0.25, 0.3) is 0 Å². The van der Waals surface area contributed by atoms with Gasteiger partial charge < -0.3 is 10.4 Å². The molecular formula is C11H18N2O3. The maximum atomic E-state index is 11.1. The lowest BCUT2D eigenvalue weighted by atomic mass is 10.1. The zero-order valence-electron chi connectivity index (χ0n) is 9.32. The van der Waals surface area contributed by atoms with Crippen LogP contribution in [0, 0.1) is 0 Å². The van der Waals surface area contributed by atoms with E-state index in [1.54, 1.807) is 0 Å². The molecule has 2 rings (SSSR count). The van der Waals surface area contributed by atoms with E-state index in [9.17, 15) is 9.59 Å². The Kier molecular flexibility index (Phi) is 3.43. The lowest BCUT2D eigenvalue weighted by Gasteiger charge is -2.26. The van der Waals surface area contributed by atoms with Gasteiger partial charge in [-0.05, 0) is 25.8 Å². The molecule has 0 bridgehead atoms. The first-order valence-electron chi connectivity index (χ1n) is 5.90. The van der Waals surface area contributed by atoms with E-state index >= 15 is 0 Å². The third-order valence-corrected chi connectivity index (χ3v) is 3.45. The second-order valence-corrected chi connectivity index (χ2v) is 4.69. The summed E-state index contributed by atoms with van der Waals surface area (Å²) in [7, 11) is 0. The van der Waals surface area contributed by atoms with Crippen LogP contribution in [-0.4, -0.2) is 47.1 Å². The molecule has 2 unspecified atom stereocenters. The number of hydrogen-bond acceptors (Lipinski definition) is 3. The Hall–Kier alpha value is -1.10. The molecule has 2 saturated heterocycles. The highest BCUT2D eigenvalue weighted by Crippen LogP contribution is 2.21. The molecule has 5 heteroatoms. The van der Waals surface area contributed by atoms with E-state index < -0.39 is 5.97 Å². The van der Waals surface area contributed by atoms with Crippen LogP contribution in [0.3, 0.4) is 0 Å². The van der Waals surface area contributed by atoms with E-state index in [1.165, 1.54) is 0 Å². The van der Waals surface area contributed by atoms with Gasteiger partial charge in [0, 0.05) is 25.0 Å². The Morgan fingerprint density at radius 2 is 2.31 bits per heavy atom. The smallest absolute Gasteiger partial charge is 0.304 e. The molecule has 0 radical (unpaired) electrons. The van der Waals surface area contributed by atoms with Crippen LogP contribution in [0.5, 0.6) is 0 Å². The molecule has 2 fully saturated rings. The Morgan fingerprint density at radius 3 is 2.94 bits per heavy atom. The summed E-state index contributed by atoms with van der Waals surface area (Å²) in [4.78, 5) is 24.0. The number of aliphatic carboxylic acids is 1. The van der Waals surface area contributed by atoms with Crippen molar-refractivity contribution >= 4 is 11.9 Å². The largest absolute Gasteiger partial charge is 0.481 e. The highest BCUT2D eigenvalue weighted by molar-refractivity contribution is 5.78. The van der Waals surface area contributed by atoms with Gasteiger partial charge in [-0.1, -0.05) is 0 Å². The van der Waals surface area contributed by atoms with Gasteiger partial charge in [-0.3, -0.25) is 14.5 Å². The number of amides is 1. The number of carboxylic acids is 1. The molecule has 2 N–H and O–H groups in total. The summed E-state index contributed by atoms with van der Waals surface area (Å²) >= 11 is 0. The molecule has 2 heterocycles. The minimum absolute atomic E-state index is 0.124. The number of likely N-dealkylation sites (tertiary alicyclic amines) is 1. The van der Waals surface area contributed by atoms with Crippen molar-refractivity contribution in [3.8, 4) is 0 Å². The van der Waals surface area contributed by atoms with Crippen molar-refractivity contribution < 1.29 is 14.7 Å². The monoisotopic (exact) mass is 226 g/mol. The van der Waals surface area contributed by atoms with Crippen LogP contribution in [0.2, 0.25) is 0 Å². The predicted molar refractivity (Wildman–Crippen MR) is 58.0 cm³/mol. The van der Waals surface area contributed by atoms with Gasteiger partial charge in [-0.25, -0.2) is 0 Å². The van der Waals surface area contributed by atoms with Gasteiger partial charge in [-0.2, -0.15) is 0 Å². The number of nitrogens with one attached hydrogen (secondary N) is 1. The molecule has 2 aliphatic heterocycles. The summed E-state index contributed by atoms with van der Waals surface area (Å²) in [5, 5.41) is 11.7. The summed E-state index contributed by atoms with van der Waals surface area (Å²) in [6, 6.07) is 0.386. The summed E-state index contributed by atoms with van der Waals surface area (Å²) < 4.78 is 0. The van der Waals surface area contributed by atoms with Crippen LogP contribution in [0.4, 0.5) is 0 Å². The van der Waals surface area contributed by atoms with Crippen molar-refractivity contribution in [3.05, 3.63) is 0 Å². The van der Waals surface area contributed by atoms with Crippen molar-refractivity contribution in [1.29, 1.82) is 0 Å². The molecule has 0 aromatic carbocycles. The van der Waals surface area contributed by atoms with E-state index in [0.29, 0.717) is 6.42 Å². The van der Waals surface area contributed by atoms with Crippen molar-refractivity contribution in [2.24, 2.45) is 0 Å². The zero-order chi connectivity index (χ0) is 11.5. The number of carboxylic acid groups (broad SMARTS) is 1. The molecule has 0 aromatic heterocycles. The third kappa shape index (κ3) is 2.72. The molecule has 5 nitrogen and oxygen atoms in total. The first-order valence-corrected chi connectivity index (χ1v) is 5.90. The van der Waals surface area contributed by atoms with E-state index in [4.69, 9.17) is 5.11 Å². The van der Waals surface area contributed by atoms with Gasteiger partial charge in [-0.15, -0.1) is 0 Å². The van der Waals surface area contributed by atoms with Crippen molar-refractivity contribution in [2.75, 3.05) is 13.1 Å². The maximum Gasteiger partial charge on any atom is 0.304 e. The molecule has 2 aliphatic rings. The average molecular weight is 226 g/mol. The Balaban J connectivity index is 1.83. The Morgan fingerprint density at radius 1 is 1.50 bits per heavy atom. The number of carbonyl (C=O) groups is 2. The number of hydrogen-bond donors (Lipinski definition) is 2. The number of carbonyl (C=O) groups excluding carboxylic acids is 1. The summed E-state index contributed by atoms with van der Waals surface area (Å²) in [5.41, 5.74) is 0. The molecule has 0 spiro atoms. The van der Waals surface area contributed by atoms with Gasteiger partial charge in [0.05, 0.1) is 6.42 Å². The van der Waals surface area contributed by atoms with Crippen molar-refractivity contribution in [2.45, 2.75) is 44.2 Å². The predicted octanol–water partition coefficient (Wildman–Crippen LogP) is 0.204. The zero-order valence-corrected chi connectivity index (χ0v) is 9.32. The lowest BCUT2D eigenvalue weighted by molar-refractivity contribution is -0.138. The minimum atomic E-state index is -0.729. The molecule has 0 saturated carbocycles. The highest BCUT2D eigenvalue weighted by Gasteiger charge is 2.30. The van der Waals surface area contributed by atoms with Crippen molar-refractivity contribution in [3.63, 3.8) is 0 Å². The first-order chi connectivity index (χ1) is 7.65. The molecule has 0 aliphatic carbocycles. The van der Waals surface area contributed by atoms with Crippen LogP contribution in [0.1, 0.15) is 32.1 Å². The van der Waals surface area contributed by atoms with E-state index in [0.717, 1.165) is 32.4 Å². The Labute approximate surface area is 94.8 Å². The fourth-order valence-electron chi connectivity index (χ4n) is 2.67. The number of rotatable bonds is 4. The maximum absolute atomic E-state index is 11.1. The lowest BCUT2D eigenvalue weighted by Crippen LogP contribution is -2.41. The summed E-state index contributed by atoms with van der Waals surface area (Å²) in [6.07, 6.45) is 3.75. The van der Waals surface area contributed by atoms with Crippen LogP contribution in [0.15, 0.2) is 0 Å². The van der Waals surface area contributed by atoms with Gasteiger partial charge >= 0.3 is 5.97 Å². The quantitative estimate of drug-likeness (QED) is 0.718. The first kappa shape index (κ1) is 11.4. The molecule has 0 aromatic rings. The van der Waals surface area contributed by atoms with E-state index in [1.807, 2.05) is 0 Å². The molecule has 2 atom stereocenters. The van der Waals surface area contributed by atoms with Gasteiger partial charge in [0.25, 0.3) is 0 Å². The summed E-state index contributed by atoms with van der Waals surface area (Å²) in [6.45, 7) is 1.77. The van der Waals surface area contributed by atoms with Gasteiger partial charge in [0.2, 0.25) is 5.91 Å². The van der Waals surface area contributed by atoms with Crippen LogP contribution < -0.4 is 5.32 Å². The topological polar surface area (TPSA) is 69.6 Å². The van der Waals surface area contributed by atoms with E-state index in [-0.39, 0.29) is 24.4 Å². The fraction of sp³-hybridized carbons (Fsp3) is 0.818. The summed E-state index contributed by atoms with van der Waals surface area (Å²) in [5.74, 6) is -0.605. The SMILES string of the molecule is O=C(O)CC1CCCN1CC1CCC(=O)N1. The fourth-order valence-corrected chi connectivity index (χ4v) is 2.67. The third-order valence-electron chi connectivity index (χ3n) is 3.45. The van der Waals surface area contributed by atoms with E-state index in [2.05, 4.69) is 10.2 Å². The number of nitrogens with zero attached hydrogens (tertiary/aromatic N) is 1. The normalized spacial score (nSPS) is 30.6. The van der Waals surface area contributed by atoms with Gasteiger partial charge in [0.15, 0.2) is 0 Å². The average Bonchev–Trinajstić information content (AvgIpc) is 2.77. The Bertz CT molecular complexity index is 293. The van der Waals surface area contributed by atoms with Crippen molar-refractivity contribution in [1.82, 2.24) is 10.2 Å². The second kappa shape index (κ2) is 4.82. The second-order valence-electron chi connectivity index (χ2n) is 4.69. The highest BCUT2D eigenvalue weighted by atomic mass is 16.4. The standard InChI is InChI=1S/C11H18N2O3/c14-10-4-3-8(12-10)7-13-5-1-2-9(13)6-11(15)16/h8-9H,1-7H2,(H,12,14)(H,15,16). The molecule has 1 amide bonds. The minimum Gasteiger partial charge on any atom is -0.481 e.